The second-order valence-corrected chi connectivity index (χ2v) is 6.64. The van der Waals surface area contributed by atoms with E-state index in [0.29, 0.717) is 17.0 Å². The zero-order valence-electron chi connectivity index (χ0n) is 15.4. The smallest absolute Gasteiger partial charge is 0.257 e. The van der Waals surface area contributed by atoms with Crippen LogP contribution in [-0.4, -0.2) is 46.8 Å². The lowest BCUT2D eigenvalue weighted by atomic mass is 10.1. The highest BCUT2D eigenvalue weighted by Crippen LogP contribution is 2.27. The van der Waals surface area contributed by atoms with Gasteiger partial charge in [0.05, 0.1) is 11.3 Å². The summed E-state index contributed by atoms with van der Waals surface area (Å²) in [5.41, 5.74) is 2.03. The summed E-state index contributed by atoms with van der Waals surface area (Å²) in [6, 6.07) is 13.7. The summed E-state index contributed by atoms with van der Waals surface area (Å²) in [7, 11) is 1.86. The molecule has 1 aliphatic heterocycles. The Morgan fingerprint density at radius 3 is 2.67 bits per heavy atom. The number of likely N-dealkylation sites (N-methyl/N-ethyl adjacent to an activating group) is 1. The number of nitrogens with zero attached hydrogens (tertiary/aromatic N) is 3. The van der Waals surface area contributed by atoms with Crippen molar-refractivity contribution >= 4 is 18.3 Å². The minimum atomic E-state index is -0.0371. The number of aromatic nitrogens is 2. The average molecular weight is 387 g/mol. The molecule has 142 valence electrons. The van der Waals surface area contributed by atoms with Gasteiger partial charge in [0.25, 0.3) is 5.91 Å². The molecule has 1 aliphatic rings. The van der Waals surface area contributed by atoms with E-state index in [2.05, 4.69) is 10.4 Å². The van der Waals surface area contributed by atoms with Crippen LogP contribution in [0.5, 0.6) is 0 Å². The van der Waals surface area contributed by atoms with Crippen molar-refractivity contribution in [3.05, 3.63) is 60.0 Å². The number of rotatable bonds is 4. The first-order valence-corrected chi connectivity index (χ1v) is 8.83. The van der Waals surface area contributed by atoms with Crippen LogP contribution in [0.25, 0.3) is 17.1 Å². The van der Waals surface area contributed by atoms with E-state index in [1.54, 1.807) is 10.9 Å². The van der Waals surface area contributed by atoms with Gasteiger partial charge in [-0.25, -0.2) is 4.68 Å². The van der Waals surface area contributed by atoms with Crippen LogP contribution >= 0.6 is 12.4 Å². The van der Waals surface area contributed by atoms with Crippen LogP contribution < -0.4 is 5.32 Å². The molecule has 1 unspecified atom stereocenters. The Labute approximate surface area is 164 Å². The fourth-order valence-corrected chi connectivity index (χ4v) is 3.31. The Morgan fingerprint density at radius 2 is 2.04 bits per heavy atom. The average Bonchev–Trinajstić information content (AvgIpc) is 3.41. The highest BCUT2D eigenvalue weighted by Gasteiger charge is 2.28. The predicted octanol–water partition coefficient (Wildman–Crippen LogP) is 3.30. The lowest BCUT2D eigenvalue weighted by Gasteiger charge is -2.23. The SMILES string of the molecule is Cc1ccc(-c2nn(-c3ccccc3)cc2C(=O)N(C)C2CCNC2)o1.Cl. The number of halogens is 1. The second-order valence-electron chi connectivity index (χ2n) is 6.64. The van der Waals surface area contributed by atoms with Gasteiger partial charge < -0.3 is 14.6 Å². The highest BCUT2D eigenvalue weighted by molar-refractivity contribution is 5.99. The molecule has 3 aromatic rings. The van der Waals surface area contributed by atoms with Crippen molar-refractivity contribution < 1.29 is 9.21 Å². The lowest BCUT2D eigenvalue weighted by molar-refractivity contribution is 0.0744. The summed E-state index contributed by atoms with van der Waals surface area (Å²) in [6.45, 7) is 3.65. The largest absolute Gasteiger partial charge is 0.460 e. The summed E-state index contributed by atoms with van der Waals surface area (Å²) in [5.74, 6) is 1.37. The fourth-order valence-electron chi connectivity index (χ4n) is 3.31. The molecule has 0 radical (unpaired) electrons. The van der Waals surface area contributed by atoms with E-state index < -0.39 is 0 Å². The molecule has 1 saturated heterocycles. The van der Waals surface area contributed by atoms with Gasteiger partial charge in [0.15, 0.2) is 5.76 Å². The van der Waals surface area contributed by atoms with Crippen LogP contribution in [0, 0.1) is 6.92 Å². The number of carbonyl (C=O) groups is 1. The second kappa shape index (κ2) is 7.98. The Kier molecular flexibility index (Phi) is 5.68. The normalized spacial score (nSPS) is 16.1. The molecular weight excluding hydrogens is 364 g/mol. The van der Waals surface area contributed by atoms with E-state index in [0.717, 1.165) is 31.0 Å². The standard InChI is InChI=1S/C20H22N4O2.ClH/c1-14-8-9-18(26-14)19-17(20(25)23(2)16-10-11-21-12-16)13-24(22-19)15-6-4-3-5-7-15;/h3-9,13,16,21H,10-12H2,1-2H3;1H. The van der Waals surface area contributed by atoms with Crippen LogP contribution in [0.3, 0.4) is 0 Å². The predicted molar refractivity (Wildman–Crippen MR) is 107 cm³/mol. The van der Waals surface area contributed by atoms with Gasteiger partial charge in [-0.05, 0) is 44.2 Å². The summed E-state index contributed by atoms with van der Waals surface area (Å²) in [4.78, 5) is 15.0. The zero-order chi connectivity index (χ0) is 18.1. The van der Waals surface area contributed by atoms with Crippen LogP contribution in [0.1, 0.15) is 22.5 Å². The van der Waals surface area contributed by atoms with Crippen molar-refractivity contribution in [1.29, 1.82) is 0 Å². The Bertz CT molecular complexity index is 913. The summed E-state index contributed by atoms with van der Waals surface area (Å²) >= 11 is 0. The van der Waals surface area contributed by atoms with E-state index in [1.807, 2.05) is 61.3 Å². The third-order valence-corrected chi connectivity index (χ3v) is 4.84. The minimum Gasteiger partial charge on any atom is -0.460 e. The van der Waals surface area contributed by atoms with Crippen molar-refractivity contribution in [3.63, 3.8) is 0 Å². The first-order valence-electron chi connectivity index (χ1n) is 8.83. The van der Waals surface area contributed by atoms with Gasteiger partial charge in [0.1, 0.15) is 11.5 Å². The first kappa shape index (κ1) is 19.2. The van der Waals surface area contributed by atoms with E-state index in [4.69, 9.17) is 4.42 Å². The van der Waals surface area contributed by atoms with Crippen LogP contribution in [-0.2, 0) is 0 Å². The van der Waals surface area contributed by atoms with E-state index in [9.17, 15) is 4.79 Å². The summed E-state index contributed by atoms with van der Waals surface area (Å²) < 4.78 is 7.49. The monoisotopic (exact) mass is 386 g/mol. The molecule has 0 bridgehead atoms. The molecule has 27 heavy (non-hydrogen) atoms. The quantitative estimate of drug-likeness (QED) is 0.747. The number of hydrogen-bond acceptors (Lipinski definition) is 4. The number of aryl methyl sites for hydroxylation is 1. The number of para-hydroxylation sites is 1. The summed E-state index contributed by atoms with van der Waals surface area (Å²) in [6.07, 6.45) is 2.76. The van der Waals surface area contributed by atoms with Gasteiger partial charge >= 0.3 is 0 Å². The molecule has 1 amide bonds. The van der Waals surface area contributed by atoms with Crippen molar-refractivity contribution in [2.45, 2.75) is 19.4 Å². The van der Waals surface area contributed by atoms with Crippen molar-refractivity contribution in [3.8, 4) is 17.1 Å². The van der Waals surface area contributed by atoms with Gasteiger partial charge in [-0.1, -0.05) is 18.2 Å². The van der Waals surface area contributed by atoms with Crippen molar-refractivity contribution in [1.82, 2.24) is 20.0 Å². The number of nitrogens with one attached hydrogen (secondary N) is 1. The molecule has 0 saturated carbocycles. The summed E-state index contributed by atoms with van der Waals surface area (Å²) in [5, 5.41) is 7.96. The highest BCUT2D eigenvalue weighted by atomic mass is 35.5. The van der Waals surface area contributed by atoms with E-state index >= 15 is 0 Å². The third kappa shape index (κ3) is 3.77. The van der Waals surface area contributed by atoms with E-state index in [-0.39, 0.29) is 24.4 Å². The van der Waals surface area contributed by atoms with Crippen LogP contribution in [0.15, 0.2) is 53.1 Å². The third-order valence-electron chi connectivity index (χ3n) is 4.84. The maximum absolute atomic E-state index is 13.2. The molecule has 4 rings (SSSR count). The first-order chi connectivity index (χ1) is 12.6. The van der Waals surface area contributed by atoms with Gasteiger partial charge in [-0.15, -0.1) is 12.4 Å². The molecule has 1 N–H and O–H groups in total. The van der Waals surface area contributed by atoms with Gasteiger partial charge in [-0.2, -0.15) is 5.10 Å². The Hall–Kier alpha value is -2.57. The fraction of sp³-hybridized carbons (Fsp3) is 0.300. The lowest BCUT2D eigenvalue weighted by Crippen LogP contribution is -2.38. The van der Waals surface area contributed by atoms with Gasteiger partial charge in [0.2, 0.25) is 0 Å². The Balaban J connectivity index is 0.00000210. The number of hydrogen-bond donors (Lipinski definition) is 1. The van der Waals surface area contributed by atoms with E-state index in [1.165, 1.54) is 0 Å². The number of amides is 1. The topological polar surface area (TPSA) is 63.3 Å². The number of furan rings is 1. The molecule has 1 aromatic carbocycles. The minimum absolute atomic E-state index is 0. The van der Waals surface area contributed by atoms with Crippen LogP contribution in [0.2, 0.25) is 0 Å². The molecule has 3 heterocycles. The molecule has 0 spiro atoms. The maximum Gasteiger partial charge on any atom is 0.257 e. The molecule has 7 heteroatoms. The molecule has 1 atom stereocenters. The van der Waals surface area contributed by atoms with Crippen molar-refractivity contribution in [2.75, 3.05) is 20.1 Å². The van der Waals surface area contributed by atoms with Crippen molar-refractivity contribution in [2.24, 2.45) is 0 Å². The van der Waals surface area contributed by atoms with Gasteiger partial charge in [0, 0.05) is 25.8 Å². The molecule has 0 aliphatic carbocycles. The molecule has 6 nitrogen and oxygen atoms in total. The molecule has 2 aromatic heterocycles. The zero-order valence-corrected chi connectivity index (χ0v) is 16.2. The maximum atomic E-state index is 13.2. The van der Waals surface area contributed by atoms with Gasteiger partial charge in [-0.3, -0.25) is 4.79 Å². The molecular formula is C20H23ClN4O2. The van der Waals surface area contributed by atoms with Crippen LogP contribution in [0.4, 0.5) is 0 Å². The Morgan fingerprint density at radius 1 is 1.26 bits per heavy atom. The number of carbonyl (C=O) groups excluding carboxylic acids is 1. The molecule has 1 fully saturated rings. The number of benzene rings is 1.